The molecule has 0 unspecified atom stereocenters. The number of carbonyl (C=O) groups is 1. The van der Waals surface area contributed by atoms with Crippen molar-refractivity contribution in [2.75, 3.05) is 49.8 Å². The fourth-order valence-electron chi connectivity index (χ4n) is 3.73. The van der Waals surface area contributed by atoms with Crippen molar-refractivity contribution >= 4 is 23.6 Å². The van der Waals surface area contributed by atoms with Crippen LogP contribution in [0.5, 0.6) is 0 Å². The Balaban J connectivity index is 1.71. The zero-order valence-electron chi connectivity index (χ0n) is 18.0. The van der Waals surface area contributed by atoms with Gasteiger partial charge in [0.05, 0.1) is 18.7 Å². The summed E-state index contributed by atoms with van der Waals surface area (Å²) in [5, 5.41) is 4.39. The molecule has 0 spiro atoms. The second-order valence-corrected chi connectivity index (χ2v) is 8.73. The number of rotatable bonds is 8. The molecule has 1 aliphatic heterocycles. The molecule has 8 heteroatoms. The molecule has 1 saturated heterocycles. The molecule has 0 radical (unpaired) electrons. The lowest BCUT2D eigenvalue weighted by atomic mass is 10.1. The van der Waals surface area contributed by atoms with E-state index in [1.54, 1.807) is 24.1 Å². The van der Waals surface area contributed by atoms with Crippen LogP contribution in [0.2, 0.25) is 0 Å². The Labute approximate surface area is 191 Å². The zero-order valence-corrected chi connectivity index (χ0v) is 18.8. The van der Waals surface area contributed by atoms with Crippen LogP contribution in [0.3, 0.4) is 0 Å². The minimum atomic E-state index is -0.441. The summed E-state index contributed by atoms with van der Waals surface area (Å²) in [6.45, 7) is 2.72. The van der Waals surface area contributed by atoms with E-state index in [4.69, 9.17) is 9.26 Å². The third-order valence-corrected chi connectivity index (χ3v) is 6.33. The summed E-state index contributed by atoms with van der Waals surface area (Å²) in [6.07, 6.45) is 0. The monoisotopic (exact) mass is 455 g/mol. The first-order chi connectivity index (χ1) is 15.7. The summed E-state index contributed by atoms with van der Waals surface area (Å²) >= 11 is 1.91. The molecule has 0 aliphatic carbocycles. The van der Waals surface area contributed by atoms with E-state index in [-0.39, 0.29) is 12.5 Å². The molecule has 4 rings (SSSR count). The van der Waals surface area contributed by atoms with Gasteiger partial charge in [-0.2, -0.15) is 11.8 Å². The van der Waals surface area contributed by atoms with Crippen molar-refractivity contribution in [2.45, 2.75) is 6.54 Å². The van der Waals surface area contributed by atoms with Crippen LogP contribution in [0.4, 0.5) is 10.3 Å². The quantitative estimate of drug-likeness (QED) is 0.504. The average molecular weight is 456 g/mol. The van der Waals surface area contributed by atoms with Gasteiger partial charge in [-0.3, -0.25) is 4.79 Å². The number of hydrogen-bond acceptors (Lipinski definition) is 6. The highest BCUT2D eigenvalue weighted by atomic mass is 32.2. The van der Waals surface area contributed by atoms with Gasteiger partial charge in [-0.1, -0.05) is 41.6 Å². The number of amides is 1. The topological polar surface area (TPSA) is 58.8 Å². The summed E-state index contributed by atoms with van der Waals surface area (Å²) < 4.78 is 24.9. The Morgan fingerprint density at radius 3 is 2.69 bits per heavy atom. The first-order valence-electron chi connectivity index (χ1n) is 10.6. The maximum Gasteiger partial charge on any atom is 0.254 e. The molecule has 168 valence electrons. The van der Waals surface area contributed by atoms with E-state index in [9.17, 15) is 9.18 Å². The van der Waals surface area contributed by atoms with Crippen molar-refractivity contribution in [3.63, 3.8) is 0 Å². The van der Waals surface area contributed by atoms with E-state index >= 15 is 0 Å². The van der Waals surface area contributed by atoms with Crippen LogP contribution in [0.15, 0.2) is 59.1 Å². The fraction of sp³-hybridized carbons (Fsp3) is 0.333. The van der Waals surface area contributed by atoms with Crippen molar-refractivity contribution in [3.8, 4) is 11.3 Å². The smallest absolute Gasteiger partial charge is 0.254 e. The molecule has 32 heavy (non-hydrogen) atoms. The van der Waals surface area contributed by atoms with Gasteiger partial charge in [0.25, 0.3) is 5.91 Å². The van der Waals surface area contributed by atoms with Gasteiger partial charge in [0.15, 0.2) is 0 Å². The first-order valence-corrected chi connectivity index (χ1v) is 11.7. The van der Waals surface area contributed by atoms with Crippen molar-refractivity contribution in [3.05, 3.63) is 71.5 Å². The van der Waals surface area contributed by atoms with Gasteiger partial charge in [0.2, 0.25) is 5.88 Å². The predicted octanol–water partition coefficient (Wildman–Crippen LogP) is 4.32. The molecule has 2 heterocycles. The molecular weight excluding hydrogens is 429 g/mol. The molecule has 0 atom stereocenters. The maximum absolute atomic E-state index is 13.8. The van der Waals surface area contributed by atoms with Crippen LogP contribution in [0.25, 0.3) is 11.3 Å². The van der Waals surface area contributed by atoms with Crippen LogP contribution in [0, 0.1) is 5.82 Å². The van der Waals surface area contributed by atoms with E-state index in [1.807, 2.05) is 42.1 Å². The van der Waals surface area contributed by atoms with Crippen LogP contribution >= 0.6 is 11.8 Å². The minimum absolute atomic E-state index is 0.262. The molecule has 1 aliphatic rings. The molecule has 1 fully saturated rings. The van der Waals surface area contributed by atoms with Gasteiger partial charge in [0.1, 0.15) is 11.5 Å². The van der Waals surface area contributed by atoms with Crippen molar-refractivity contribution < 1.29 is 18.4 Å². The molecule has 0 saturated carbocycles. The summed E-state index contributed by atoms with van der Waals surface area (Å²) in [5.74, 6) is 2.01. The Kier molecular flexibility index (Phi) is 7.44. The van der Waals surface area contributed by atoms with Gasteiger partial charge < -0.3 is 19.1 Å². The van der Waals surface area contributed by atoms with Crippen LogP contribution in [-0.4, -0.2) is 60.8 Å². The fourth-order valence-corrected chi connectivity index (χ4v) is 4.63. The zero-order chi connectivity index (χ0) is 22.3. The average Bonchev–Trinajstić information content (AvgIpc) is 3.26. The minimum Gasteiger partial charge on any atom is -0.383 e. The molecule has 3 aromatic rings. The largest absolute Gasteiger partial charge is 0.383 e. The Bertz CT molecular complexity index is 1040. The highest BCUT2D eigenvalue weighted by Crippen LogP contribution is 2.34. The Morgan fingerprint density at radius 1 is 1.19 bits per heavy atom. The molecule has 0 N–H and O–H groups in total. The van der Waals surface area contributed by atoms with Crippen molar-refractivity contribution in [1.82, 2.24) is 10.1 Å². The number of anilines is 1. The van der Waals surface area contributed by atoms with Gasteiger partial charge in [-0.15, -0.1) is 0 Å². The van der Waals surface area contributed by atoms with Gasteiger partial charge in [0, 0.05) is 49.4 Å². The maximum atomic E-state index is 13.8. The second kappa shape index (κ2) is 10.7. The Hall–Kier alpha value is -2.84. The van der Waals surface area contributed by atoms with E-state index in [0.29, 0.717) is 30.3 Å². The third-order valence-electron chi connectivity index (χ3n) is 5.39. The Morgan fingerprint density at radius 2 is 1.97 bits per heavy atom. The molecule has 2 aromatic carbocycles. The lowest BCUT2D eigenvalue weighted by Gasteiger charge is -2.28. The number of benzene rings is 2. The lowest BCUT2D eigenvalue weighted by molar-refractivity contribution is 0.0680. The summed E-state index contributed by atoms with van der Waals surface area (Å²) in [7, 11) is 1.59. The van der Waals surface area contributed by atoms with Gasteiger partial charge in [-0.25, -0.2) is 4.39 Å². The van der Waals surface area contributed by atoms with Crippen LogP contribution in [0.1, 0.15) is 15.9 Å². The normalized spacial score (nSPS) is 13.9. The first kappa shape index (κ1) is 22.4. The highest BCUT2D eigenvalue weighted by molar-refractivity contribution is 7.99. The lowest BCUT2D eigenvalue weighted by Crippen LogP contribution is -2.36. The SMILES string of the molecule is COCCN(Cc1c(-c2ccccc2)noc1N1CCSCC1)C(=O)c1cccc(F)c1. The number of methoxy groups -OCH3 is 1. The van der Waals surface area contributed by atoms with E-state index in [0.717, 1.165) is 35.7 Å². The molecule has 0 bridgehead atoms. The van der Waals surface area contributed by atoms with E-state index in [2.05, 4.69) is 10.1 Å². The number of aromatic nitrogens is 1. The molecular formula is C24H26FN3O3S. The number of carbonyl (C=O) groups excluding carboxylic acids is 1. The third kappa shape index (κ3) is 5.14. The molecule has 1 amide bonds. The van der Waals surface area contributed by atoms with Crippen LogP contribution in [-0.2, 0) is 11.3 Å². The predicted molar refractivity (Wildman–Crippen MR) is 124 cm³/mol. The summed E-state index contributed by atoms with van der Waals surface area (Å²) in [5.41, 5.74) is 2.79. The van der Waals surface area contributed by atoms with Crippen molar-refractivity contribution in [1.29, 1.82) is 0 Å². The number of ether oxygens (including phenoxy) is 1. The van der Waals surface area contributed by atoms with Crippen molar-refractivity contribution in [2.24, 2.45) is 0 Å². The number of nitrogens with zero attached hydrogens (tertiary/aromatic N) is 3. The van der Waals surface area contributed by atoms with E-state index in [1.165, 1.54) is 12.1 Å². The van der Waals surface area contributed by atoms with Crippen LogP contribution < -0.4 is 4.90 Å². The van der Waals surface area contributed by atoms with Gasteiger partial charge in [-0.05, 0) is 18.2 Å². The highest BCUT2D eigenvalue weighted by Gasteiger charge is 2.27. The molecule has 1 aromatic heterocycles. The second-order valence-electron chi connectivity index (χ2n) is 7.51. The van der Waals surface area contributed by atoms with E-state index < -0.39 is 5.82 Å². The number of hydrogen-bond donors (Lipinski definition) is 0. The number of thioether (sulfide) groups is 1. The summed E-state index contributed by atoms with van der Waals surface area (Å²) in [4.78, 5) is 17.2. The van der Waals surface area contributed by atoms with Gasteiger partial charge >= 0.3 is 0 Å². The standard InChI is InChI=1S/C24H26FN3O3S/c1-30-13-10-28(23(29)19-8-5-9-20(25)16-19)17-21-22(18-6-3-2-4-7-18)26-31-24(21)27-11-14-32-15-12-27/h2-9,16H,10-15,17H2,1H3. The molecule has 6 nitrogen and oxygen atoms in total. The summed E-state index contributed by atoms with van der Waals surface area (Å²) in [6, 6.07) is 15.6. The number of halogens is 1.